The highest BCUT2D eigenvalue weighted by molar-refractivity contribution is 7.92. The zero-order valence-corrected chi connectivity index (χ0v) is 21.8. The van der Waals surface area contributed by atoms with Crippen molar-refractivity contribution in [2.45, 2.75) is 32.9 Å². The SMILES string of the molecule is CC[C@H](C(=O)NC)N(Cc1ccc(Cl)cc1Cl)C(=O)CN(c1ccc(C)c(Cl)c1)S(C)(=O)=O. The van der Waals surface area contributed by atoms with Crippen molar-refractivity contribution >= 4 is 62.3 Å². The Hall–Kier alpha value is -2.00. The van der Waals surface area contributed by atoms with E-state index in [0.29, 0.717) is 27.1 Å². The van der Waals surface area contributed by atoms with Crippen molar-refractivity contribution in [3.05, 3.63) is 62.6 Å². The second kappa shape index (κ2) is 11.4. The monoisotopic (exact) mass is 533 g/mol. The molecule has 0 saturated heterocycles. The van der Waals surface area contributed by atoms with Crippen molar-refractivity contribution in [3.8, 4) is 0 Å². The van der Waals surface area contributed by atoms with Crippen LogP contribution in [0.25, 0.3) is 0 Å². The number of benzene rings is 2. The lowest BCUT2D eigenvalue weighted by atomic mass is 10.1. The van der Waals surface area contributed by atoms with E-state index in [9.17, 15) is 18.0 Å². The number of amides is 2. The van der Waals surface area contributed by atoms with Gasteiger partial charge < -0.3 is 10.2 Å². The van der Waals surface area contributed by atoms with Crippen molar-refractivity contribution in [1.29, 1.82) is 0 Å². The highest BCUT2D eigenvalue weighted by Gasteiger charge is 2.31. The van der Waals surface area contributed by atoms with Crippen molar-refractivity contribution in [1.82, 2.24) is 10.2 Å². The van der Waals surface area contributed by atoms with E-state index in [-0.39, 0.29) is 18.1 Å². The minimum atomic E-state index is -3.84. The maximum atomic E-state index is 13.5. The summed E-state index contributed by atoms with van der Waals surface area (Å²) in [4.78, 5) is 27.3. The molecule has 0 aliphatic heterocycles. The second-order valence-electron chi connectivity index (χ2n) is 7.50. The Labute approximate surface area is 209 Å². The Bertz CT molecular complexity index is 1140. The number of sulfonamides is 1. The molecule has 1 atom stereocenters. The zero-order chi connectivity index (χ0) is 24.9. The molecule has 0 unspecified atom stereocenters. The van der Waals surface area contributed by atoms with Crippen LogP contribution in [0.15, 0.2) is 36.4 Å². The summed E-state index contributed by atoms with van der Waals surface area (Å²) in [6.45, 7) is 3.02. The number of carbonyl (C=O) groups excluding carboxylic acids is 2. The lowest BCUT2D eigenvalue weighted by molar-refractivity contribution is -0.140. The third kappa shape index (κ3) is 6.99. The molecule has 0 aliphatic rings. The van der Waals surface area contributed by atoms with Crippen LogP contribution in [-0.2, 0) is 26.2 Å². The van der Waals surface area contributed by atoms with E-state index in [1.165, 1.54) is 18.0 Å². The molecule has 2 amide bonds. The first-order chi connectivity index (χ1) is 15.4. The van der Waals surface area contributed by atoms with Gasteiger partial charge in [-0.15, -0.1) is 0 Å². The fraction of sp³-hybridized carbons (Fsp3) is 0.364. The van der Waals surface area contributed by atoms with Gasteiger partial charge in [-0.2, -0.15) is 0 Å². The van der Waals surface area contributed by atoms with Gasteiger partial charge in [0.05, 0.1) is 11.9 Å². The van der Waals surface area contributed by atoms with Crippen LogP contribution in [0.4, 0.5) is 5.69 Å². The minimum absolute atomic E-state index is 0.00693. The fourth-order valence-corrected chi connectivity index (χ4v) is 4.75. The van der Waals surface area contributed by atoms with Crippen LogP contribution in [0, 0.1) is 6.92 Å². The molecule has 0 aliphatic carbocycles. The highest BCUT2D eigenvalue weighted by atomic mass is 35.5. The number of carbonyl (C=O) groups is 2. The molecule has 11 heteroatoms. The third-order valence-corrected chi connectivity index (χ3v) is 7.25. The molecule has 2 aromatic carbocycles. The third-order valence-electron chi connectivity index (χ3n) is 5.11. The van der Waals surface area contributed by atoms with E-state index in [0.717, 1.165) is 16.1 Å². The summed E-state index contributed by atoms with van der Waals surface area (Å²) in [6, 6.07) is 8.73. The summed E-state index contributed by atoms with van der Waals surface area (Å²) in [6.07, 6.45) is 1.32. The molecule has 0 fully saturated rings. The maximum absolute atomic E-state index is 13.5. The number of nitrogens with one attached hydrogen (secondary N) is 1. The van der Waals surface area contributed by atoms with Crippen LogP contribution < -0.4 is 9.62 Å². The number of anilines is 1. The van der Waals surface area contributed by atoms with Crippen molar-refractivity contribution in [3.63, 3.8) is 0 Å². The van der Waals surface area contributed by atoms with Gasteiger partial charge in [-0.05, 0) is 48.7 Å². The standard InChI is InChI=1S/C22H26Cl3N3O4S/c1-5-20(22(30)26-3)27(12-15-7-8-16(23)10-19(15)25)21(29)13-28(33(4,31)32)17-9-6-14(2)18(24)11-17/h6-11,20H,5,12-13H2,1-4H3,(H,26,30)/t20-/m1/s1. The van der Waals surface area contributed by atoms with E-state index < -0.39 is 28.5 Å². The highest BCUT2D eigenvalue weighted by Crippen LogP contribution is 2.27. The maximum Gasteiger partial charge on any atom is 0.244 e. The largest absolute Gasteiger partial charge is 0.357 e. The minimum Gasteiger partial charge on any atom is -0.357 e. The second-order valence-corrected chi connectivity index (χ2v) is 10.7. The molecule has 1 N–H and O–H groups in total. The topological polar surface area (TPSA) is 86.8 Å². The Morgan fingerprint density at radius 2 is 1.73 bits per heavy atom. The van der Waals surface area contributed by atoms with Crippen molar-refractivity contribution in [2.75, 3.05) is 24.2 Å². The van der Waals surface area contributed by atoms with Gasteiger partial charge in [0.25, 0.3) is 0 Å². The fourth-order valence-electron chi connectivity index (χ4n) is 3.27. The summed E-state index contributed by atoms with van der Waals surface area (Å²) in [5.74, 6) is -0.946. The average molecular weight is 535 g/mol. The van der Waals surface area contributed by atoms with E-state index >= 15 is 0 Å². The first-order valence-electron chi connectivity index (χ1n) is 10.1. The zero-order valence-electron chi connectivity index (χ0n) is 18.7. The molecule has 2 rings (SSSR count). The van der Waals surface area contributed by atoms with Crippen molar-refractivity contribution < 1.29 is 18.0 Å². The van der Waals surface area contributed by atoms with Crippen LogP contribution in [0.1, 0.15) is 24.5 Å². The van der Waals surface area contributed by atoms with Crippen molar-refractivity contribution in [2.24, 2.45) is 0 Å². The first kappa shape index (κ1) is 27.2. The predicted octanol–water partition coefficient (Wildman–Crippen LogP) is 4.27. The Morgan fingerprint density at radius 1 is 1.06 bits per heavy atom. The lowest BCUT2D eigenvalue weighted by Gasteiger charge is -2.32. The van der Waals surface area contributed by atoms with Gasteiger partial charge in [0.2, 0.25) is 21.8 Å². The molecule has 0 bridgehead atoms. The lowest BCUT2D eigenvalue weighted by Crippen LogP contribution is -2.51. The van der Waals surface area contributed by atoms with Crippen LogP contribution in [0.5, 0.6) is 0 Å². The van der Waals surface area contributed by atoms with Gasteiger partial charge in [0.1, 0.15) is 12.6 Å². The van der Waals surface area contributed by atoms with Gasteiger partial charge >= 0.3 is 0 Å². The van der Waals surface area contributed by atoms with Crippen LogP contribution in [0.2, 0.25) is 15.1 Å². The number of halogens is 3. The molecule has 180 valence electrons. The number of rotatable bonds is 9. The summed E-state index contributed by atoms with van der Waals surface area (Å²) >= 11 is 18.5. The quantitative estimate of drug-likeness (QED) is 0.520. The predicted molar refractivity (Wildman–Crippen MR) is 134 cm³/mol. The first-order valence-corrected chi connectivity index (χ1v) is 13.1. The van der Waals surface area contributed by atoms with Gasteiger partial charge in [-0.25, -0.2) is 8.42 Å². The summed E-state index contributed by atoms with van der Waals surface area (Å²) < 4.78 is 26.1. The Balaban J connectivity index is 2.48. The number of hydrogen-bond acceptors (Lipinski definition) is 4. The van der Waals surface area contributed by atoms with Crippen LogP contribution >= 0.6 is 34.8 Å². The molecule has 0 radical (unpaired) electrons. The molecule has 0 saturated carbocycles. The molecule has 7 nitrogen and oxygen atoms in total. The molecule has 0 aromatic heterocycles. The summed E-state index contributed by atoms with van der Waals surface area (Å²) in [7, 11) is -2.37. The molecule has 33 heavy (non-hydrogen) atoms. The summed E-state index contributed by atoms with van der Waals surface area (Å²) in [5, 5.41) is 3.69. The van der Waals surface area contributed by atoms with Gasteiger partial charge in [0.15, 0.2) is 0 Å². The Kier molecular flexibility index (Phi) is 9.43. The average Bonchev–Trinajstić information content (AvgIpc) is 2.74. The Morgan fingerprint density at radius 3 is 2.24 bits per heavy atom. The molecular formula is C22H26Cl3N3O4S. The van der Waals surface area contributed by atoms with E-state index in [1.807, 2.05) is 0 Å². The smallest absolute Gasteiger partial charge is 0.244 e. The number of likely N-dealkylation sites (N-methyl/N-ethyl adjacent to an activating group) is 1. The molecule has 0 heterocycles. The van der Waals surface area contributed by atoms with Crippen LogP contribution in [0.3, 0.4) is 0 Å². The molecular weight excluding hydrogens is 509 g/mol. The van der Waals surface area contributed by atoms with Gasteiger partial charge in [-0.3, -0.25) is 13.9 Å². The van der Waals surface area contributed by atoms with E-state index in [4.69, 9.17) is 34.8 Å². The number of hydrogen-bond donors (Lipinski definition) is 1. The molecule has 2 aromatic rings. The normalized spacial score (nSPS) is 12.2. The van der Waals surface area contributed by atoms with Crippen LogP contribution in [-0.4, -0.2) is 51.0 Å². The molecule has 0 spiro atoms. The van der Waals surface area contributed by atoms with E-state index in [1.54, 1.807) is 44.2 Å². The summed E-state index contributed by atoms with van der Waals surface area (Å²) in [5.41, 5.74) is 1.59. The van der Waals surface area contributed by atoms with Gasteiger partial charge in [0, 0.05) is 28.7 Å². The number of aryl methyl sites for hydroxylation is 1. The number of nitrogens with zero attached hydrogens (tertiary/aromatic N) is 2. The van der Waals surface area contributed by atoms with E-state index in [2.05, 4.69) is 5.32 Å². The van der Waals surface area contributed by atoms with Gasteiger partial charge in [-0.1, -0.05) is 53.9 Å².